The third-order valence-electron chi connectivity index (χ3n) is 3.86. The molecule has 2 rings (SSSR count). The van der Waals surface area contributed by atoms with Crippen LogP contribution in [0.5, 0.6) is 0 Å². The standard InChI is InChI=1S/C17H20O3/c18-11-10-16-14(7-9-17(16)20)6-8-15(19)12-13-4-2-1-3-5-13/h1-5,11,14-17,19-20H,7,9-10,12H2. The lowest BCUT2D eigenvalue weighted by molar-refractivity contribution is -0.109. The second-order valence-electron chi connectivity index (χ2n) is 5.31. The van der Waals surface area contributed by atoms with Gasteiger partial charge in [-0.2, -0.15) is 0 Å². The smallest absolute Gasteiger partial charge is 0.120 e. The summed E-state index contributed by atoms with van der Waals surface area (Å²) in [4.78, 5) is 10.6. The molecule has 1 fully saturated rings. The summed E-state index contributed by atoms with van der Waals surface area (Å²) in [5.74, 6) is 5.84. The molecule has 106 valence electrons. The van der Waals surface area contributed by atoms with Gasteiger partial charge >= 0.3 is 0 Å². The van der Waals surface area contributed by atoms with Crippen molar-refractivity contribution in [2.24, 2.45) is 11.8 Å². The maximum absolute atomic E-state index is 10.6. The van der Waals surface area contributed by atoms with Crippen LogP contribution in [-0.4, -0.2) is 28.7 Å². The molecule has 3 nitrogen and oxygen atoms in total. The lowest BCUT2D eigenvalue weighted by Crippen LogP contribution is -2.19. The van der Waals surface area contributed by atoms with Crippen LogP contribution in [0.4, 0.5) is 0 Å². The van der Waals surface area contributed by atoms with Crippen molar-refractivity contribution in [3.8, 4) is 11.8 Å². The monoisotopic (exact) mass is 272 g/mol. The largest absolute Gasteiger partial charge is 0.393 e. The van der Waals surface area contributed by atoms with E-state index in [1.807, 2.05) is 30.3 Å². The molecule has 2 N–H and O–H groups in total. The van der Waals surface area contributed by atoms with E-state index in [1.165, 1.54) is 0 Å². The molecule has 0 saturated heterocycles. The highest BCUT2D eigenvalue weighted by Gasteiger charge is 2.33. The van der Waals surface area contributed by atoms with Crippen LogP contribution in [0.3, 0.4) is 0 Å². The molecule has 0 amide bonds. The van der Waals surface area contributed by atoms with Crippen LogP contribution in [-0.2, 0) is 11.2 Å². The molecule has 1 aromatic carbocycles. The van der Waals surface area contributed by atoms with Crippen molar-refractivity contribution in [3.63, 3.8) is 0 Å². The fourth-order valence-corrected chi connectivity index (χ4v) is 2.75. The average molecular weight is 272 g/mol. The number of carbonyl (C=O) groups is 1. The Bertz CT molecular complexity index is 486. The van der Waals surface area contributed by atoms with Crippen molar-refractivity contribution in [1.82, 2.24) is 0 Å². The van der Waals surface area contributed by atoms with Gasteiger partial charge in [-0.05, 0) is 18.4 Å². The summed E-state index contributed by atoms with van der Waals surface area (Å²) >= 11 is 0. The van der Waals surface area contributed by atoms with Crippen molar-refractivity contribution in [2.45, 2.75) is 37.9 Å². The number of aldehydes is 1. The Morgan fingerprint density at radius 1 is 1.30 bits per heavy atom. The predicted octanol–water partition coefficient (Wildman–Crippen LogP) is 1.57. The van der Waals surface area contributed by atoms with E-state index < -0.39 is 12.2 Å². The van der Waals surface area contributed by atoms with Gasteiger partial charge in [0, 0.05) is 24.7 Å². The van der Waals surface area contributed by atoms with Gasteiger partial charge in [0.2, 0.25) is 0 Å². The molecule has 0 heterocycles. The molecule has 4 unspecified atom stereocenters. The van der Waals surface area contributed by atoms with Crippen molar-refractivity contribution >= 4 is 6.29 Å². The van der Waals surface area contributed by atoms with E-state index in [2.05, 4.69) is 11.8 Å². The maximum Gasteiger partial charge on any atom is 0.120 e. The van der Waals surface area contributed by atoms with Gasteiger partial charge in [-0.25, -0.2) is 0 Å². The number of hydrogen-bond donors (Lipinski definition) is 2. The molecule has 1 aliphatic carbocycles. The number of aliphatic hydroxyl groups excluding tert-OH is 2. The first-order valence-corrected chi connectivity index (χ1v) is 7.05. The predicted molar refractivity (Wildman–Crippen MR) is 76.8 cm³/mol. The Kier molecular flexibility index (Phi) is 5.34. The van der Waals surface area contributed by atoms with Gasteiger partial charge in [-0.3, -0.25) is 0 Å². The molecular formula is C17H20O3. The number of rotatable bonds is 4. The van der Waals surface area contributed by atoms with E-state index in [4.69, 9.17) is 0 Å². The highest BCUT2D eigenvalue weighted by Crippen LogP contribution is 2.33. The Morgan fingerprint density at radius 2 is 2.05 bits per heavy atom. The van der Waals surface area contributed by atoms with Crippen LogP contribution in [0.15, 0.2) is 30.3 Å². The molecule has 0 radical (unpaired) electrons. The van der Waals surface area contributed by atoms with Crippen molar-refractivity contribution < 1.29 is 15.0 Å². The molecule has 0 spiro atoms. The molecule has 0 bridgehead atoms. The second kappa shape index (κ2) is 7.23. The zero-order chi connectivity index (χ0) is 14.4. The Labute approximate surface area is 119 Å². The third kappa shape index (κ3) is 3.93. The summed E-state index contributed by atoms with van der Waals surface area (Å²) in [5.41, 5.74) is 1.05. The first kappa shape index (κ1) is 14.8. The molecule has 0 aliphatic heterocycles. The highest BCUT2D eigenvalue weighted by atomic mass is 16.3. The molecule has 20 heavy (non-hydrogen) atoms. The van der Waals surface area contributed by atoms with Crippen molar-refractivity contribution in [2.75, 3.05) is 0 Å². The van der Waals surface area contributed by atoms with Crippen molar-refractivity contribution in [1.29, 1.82) is 0 Å². The molecule has 3 heteroatoms. The minimum atomic E-state index is -0.702. The number of benzene rings is 1. The van der Waals surface area contributed by atoms with E-state index in [0.717, 1.165) is 18.3 Å². The SMILES string of the molecule is O=CCC1C(O)CCC1C#CC(O)Cc1ccccc1. The summed E-state index contributed by atoms with van der Waals surface area (Å²) in [5, 5.41) is 19.7. The van der Waals surface area contributed by atoms with Gasteiger partial charge in [0.15, 0.2) is 0 Å². The fraction of sp³-hybridized carbons (Fsp3) is 0.471. The summed E-state index contributed by atoms with van der Waals surface area (Å²) in [6, 6.07) is 9.72. The Balaban J connectivity index is 1.94. The van der Waals surface area contributed by atoms with Gasteiger partial charge in [0.1, 0.15) is 12.4 Å². The zero-order valence-electron chi connectivity index (χ0n) is 11.4. The van der Waals surface area contributed by atoms with Crippen LogP contribution >= 0.6 is 0 Å². The molecule has 1 aliphatic rings. The van der Waals surface area contributed by atoms with E-state index >= 15 is 0 Å². The first-order valence-electron chi connectivity index (χ1n) is 7.05. The van der Waals surface area contributed by atoms with Crippen LogP contribution in [0, 0.1) is 23.7 Å². The molecular weight excluding hydrogens is 252 g/mol. The second-order valence-corrected chi connectivity index (χ2v) is 5.31. The van der Waals surface area contributed by atoms with Crippen LogP contribution < -0.4 is 0 Å². The quantitative estimate of drug-likeness (QED) is 0.646. The lowest BCUT2D eigenvalue weighted by Gasteiger charge is -2.15. The number of hydrogen-bond acceptors (Lipinski definition) is 3. The maximum atomic E-state index is 10.6. The van der Waals surface area contributed by atoms with Gasteiger partial charge in [0.25, 0.3) is 0 Å². The first-order chi connectivity index (χ1) is 9.70. The average Bonchev–Trinajstić information content (AvgIpc) is 2.79. The van der Waals surface area contributed by atoms with Crippen LogP contribution in [0.2, 0.25) is 0 Å². The zero-order valence-corrected chi connectivity index (χ0v) is 11.4. The van der Waals surface area contributed by atoms with Crippen LogP contribution in [0.25, 0.3) is 0 Å². The minimum Gasteiger partial charge on any atom is -0.393 e. The Morgan fingerprint density at radius 3 is 2.75 bits per heavy atom. The molecule has 1 aromatic rings. The summed E-state index contributed by atoms with van der Waals surface area (Å²) in [7, 11) is 0. The van der Waals surface area contributed by atoms with Crippen molar-refractivity contribution in [3.05, 3.63) is 35.9 Å². The molecule has 4 atom stereocenters. The van der Waals surface area contributed by atoms with E-state index in [1.54, 1.807) is 0 Å². The van der Waals surface area contributed by atoms with Crippen LogP contribution in [0.1, 0.15) is 24.8 Å². The fourth-order valence-electron chi connectivity index (χ4n) is 2.75. The van der Waals surface area contributed by atoms with E-state index in [-0.39, 0.29) is 11.8 Å². The number of carbonyl (C=O) groups excluding carboxylic acids is 1. The molecule has 1 saturated carbocycles. The topological polar surface area (TPSA) is 57.5 Å². The Hall–Kier alpha value is -1.63. The van der Waals surface area contributed by atoms with Gasteiger partial charge < -0.3 is 15.0 Å². The molecule has 0 aromatic heterocycles. The van der Waals surface area contributed by atoms with E-state index in [0.29, 0.717) is 19.3 Å². The minimum absolute atomic E-state index is 0.0145. The normalized spacial score (nSPS) is 26.6. The van der Waals surface area contributed by atoms with Gasteiger partial charge in [-0.15, -0.1) is 0 Å². The summed E-state index contributed by atoms with van der Waals surface area (Å²) in [6.45, 7) is 0. The lowest BCUT2D eigenvalue weighted by atomic mass is 9.92. The number of aliphatic hydroxyl groups is 2. The third-order valence-corrected chi connectivity index (χ3v) is 3.86. The van der Waals surface area contributed by atoms with Gasteiger partial charge in [0.05, 0.1) is 6.10 Å². The summed E-state index contributed by atoms with van der Waals surface area (Å²) < 4.78 is 0. The summed E-state index contributed by atoms with van der Waals surface area (Å²) in [6.07, 6.45) is 2.03. The highest BCUT2D eigenvalue weighted by molar-refractivity contribution is 5.50. The van der Waals surface area contributed by atoms with Gasteiger partial charge in [-0.1, -0.05) is 42.2 Å². The van der Waals surface area contributed by atoms with E-state index in [9.17, 15) is 15.0 Å².